The van der Waals surface area contributed by atoms with Crippen LogP contribution in [0, 0.1) is 0 Å². The molecule has 0 spiro atoms. The maximum Gasteiger partial charge on any atom is 0.0718 e. The Hall–Kier alpha value is -0.420. The molecule has 0 heterocycles. The van der Waals surface area contributed by atoms with Crippen molar-refractivity contribution in [2.45, 2.75) is 6.61 Å². The van der Waals surface area contributed by atoms with Crippen molar-refractivity contribution in [2.75, 3.05) is 26.4 Å². The quantitative estimate of drug-likeness (QED) is 0.773. The molecule has 0 aliphatic heterocycles. The summed E-state index contributed by atoms with van der Waals surface area (Å²) in [7, 11) is 0. The molecule has 0 aliphatic carbocycles. The number of halogens is 1. The molecule has 0 radical (unpaired) electrons. The molecule has 3 nitrogen and oxygen atoms in total. The fourth-order valence-electron chi connectivity index (χ4n) is 1.06. The summed E-state index contributed by atoms with van der Waals surface area (Å²) in [6, 6.07) is 8.00. The average molecular weight is 275 g/mol. The monoisotopic (exact) mass is 274 g/mol. The third-order valence-corrected chi connectivity index (χ3v) is 2.32. The van der Waals surface area contributed by atoms with Gasteiger partial charge in [-0.1, -0.05) is 28.1 Å². The van der Waals surface area contributed by atoms with Crippen molar-refractivity contribution in [1.29, 1.82) is 0 Å². The van der Waals surface area contributed by atoms with Crippen LogP contribution in [-0.4, -0.2) is 31.5 Å². The van der Waals surface area contributed by atoms with Gasteiger partial charge in [-0.05, 0) is 17.7 Å². The molecular formula is C11H15BrO3. The number of aliphatic hydroxyl groups excluding tert-OH is 1. The predicted octanol–water partition coefficient (Wildman–Crippen LogP) is 1.97. The molecule has 0 unspecified atom stereocenters. The number of hydrogen-bond donors (Lipinski definition) is 1. The molecule has 0 bridgehead atoms. The molecule has 1 N–H and O–H groups in total. The molecule has 1 aromatic rings. The number of hydrogen-bond acceptors (Lipinski definition) is 3. The smallest absolute Gasteiger partial charge is 0.0718 e. The summed E-state index contributed by atoms with van der Waals surface area (Å²) in [5.74, 6) is 0. The van der Waals surface area contributed by atoms with Crippen molar-refractivity contribution in [3.05, 3.63) is 34.3 Å². The van der Waals surface area contributed by atoms with Gasteiger partial charge >= 0.3 is 0 Å². The lowest BCUT2D eigenvalue weighted by molar-refractivity contribution is 0.0274. The van der Waals surface area contributed by atoms with E-state index >= 15 is 0 Å². The van der Waals surface area contributed by atoms with Crippen LogP contribution in [0.3, 0.4) is 0 Å². The van der Waals surface area contributed by atoms with E-state index in [1.54, 1.807) is 0 Å². The Balaban J connectivity index is 2.07. The van der Waals surface area contributed by atoms with Gasteiger partial charge in [0.25, 0.3) is 0 Å². The van der Waals surface area contributed by atoms with Gasteiger partial charge in [-0.15, -0.1) is 0 Å². The van der Waals surface area contributed by atoms with Gasteiger partial charge in [-0.25, -0.2) is 0 Å². The zero-order valence-electron chi connectivity index (χ0n) is 8.49. The molecule has 4 heteroatoms. The van der Waals surface area contributed by atoms with Crippen molar-refractivity contribution in [3.8, 4) is 0 Å². The summed E-state index contributed by atoms with van der Waals surface area (Å²) in [5, 5.41) is 8.46. The number of aliphatic hydroxyl groups is 1. The molecule has 0 saturated heterocycles. The molecule has 84 valence electrons. The first-order chi connectivity index (χ1) is 7.33. The Morgan fingerprint density at radius 3 is 2.33 bits per heavy atom. The predicted molar refractivity (Wildman–Crippen MR) is 61.7 cm³/mol. The Morgan fingerprint density at radius 2 is 1.67 bits per heavy atom. The zero-order valence-corrected chi connectivity index (χ0v) is 10.1. The van der Waals surface area contributed by atoms with E-state index in [-0.39, 0.29) is 6.61 Å². The van der Waals surface area contributed by atoms with Gasteiger partial charge in [-0.2, -0.15) is 0 Å². The van der Waals surface area contributed by atoms with Crippen LogP contribution < -0.4 is 0 Å². The first kappa shape index (κ1) is 12.6. The molecule has 0 saturated carbocycles. The van der Waals surface area contributed by atoms with E-state index in [1.165, 1.54) is 0 Å². The van der Waals surface area contributed by atoms with Crippen LogP contribution in [0.4, 0.5) is 0 Å². The van der Waals surface area contributed by atoms with E-state index < -0.39 is 0 Å². The Labute approximate surface area is 98.1 Å². The van der Waals surface area contributed by atoms with Gasteiger partial charge < -0.3 is 14.6 Å². The maximum absolute atomic E-state index is 8.46. The highest BCUT2D eigenvalue weighted by Gasteiger charge is 1.93. The van der Waals surface area contributed by atoms with E-state index in [4.69, 9.17) is 14.6 Å². The Morgan fingerprint density at radius 1 is 1.00 bits per heavy atom. The number of benzene rings is 1. The van der Waals surface area contributed by atoms with Crippen LogP contribution >= 0.6 is 15.9 Å². The second kappa shape index (κ2) is 7.82. The van der Waals surface area contributed by atoms with Crippen LogP contribution in [-0.2, 0) is 16.1 Å². The highest BCUT2D eigenvalue weighted by atomic mass is 79.9. The lowest BCUT2D eigenvalue weighted by Crippen LogP contribution is -2.07. The van der Waals surface area contributed by atoms with Gasteiger partial charge in [0.15, 0.2) is 0 Å². The van der Waals surface area contributed by atoms with E-state index in [9.17, 15) is 0 Å². The standard InChI is InChI=1S/C11H15BrO3/c12-11-3-1-10(2-4-11)9-15-8-7-14-6-5-13/h1-4,13H,5-9H2. The second-order valence-corrected chi connectivity index (χ2v) is 3.93. The SMILES string of the molecule is OCCOCCOCc1ccc(Br)cc1. The van der Waals surface area contributed by atoms with Gasteiger partial charge in [0.05, 0.1) is 33.0 Å². The summed E-state index contributed by atoms with van der Waals surface area (Å²) in [6.07, 6.45) is 0. The largest absolute Gasteiger partial charge is 0.394 e. The normalized spacial score (nSPS) is 10.5. The summed E-state index contributed by atoms with van der Waals surface area (Å²) < 4.78 is 11.5. The minimum atomic E-state index is 0.0622. The topological polar surface area (TPSA) is 38.7 Å². The molecule has 15 heavy (non-hydrogen) atoms. The van der Waals surface area contributed by atoms with Crippen LogP contribution in [0.25, 0.3) is 0 Å². The average Bonchev–Trinajstić information content (AvgIpc) is 2.26. The lowest BCUT2D eigenvalue weighted by Gasteiger charge is -2.04. The number of ether oxygens (including phenoxy) is 2. The summed E-state index contributed by atoms with van der Waals surface area (Å²) in [6.45, 7) is 2.11. The fourth-order valence-corrected chi connectivity index (χ4v) is 1.32. The Kier molecular flexibility index (Phi) is 6.59. The van der Waals surface area contributed by atoms with E-state index in [0.29, 0.717) is 26.4 Å². The van der Waals surface area contributed by atoms with Crippen LogP contribution in [0.5, 0.6) is 0 Å². The molecule has 0 amide bonds. The van der Waals surface area contributed by atoms with Gasteiger partial charge in [0, 0.05) is 4.47 Å². The molecule has 1 aromatic carbocycles. The fraction of sp³-hybridized carbons (Fsp3) is 0.455. The highest BCUT2D eigenvalue weighted by molar-refractivity contribution is 9.10. The zero-order chi connectivity index (χ0) is 10.9. The first-order valence-electron chi connectivity index (χ1n) is 4.83. The van der Waals surface area contributed by atoms with Gasteiger partial charge in [0.1, 0.15) is 0 Å². The third kappa shape index (κ3) is 5.89. The second-order valence-electron chi connectivity index (χ2n) is 3.02. The maximum atomic E-state index is 8.46. The Bertz CT molecular complexity index is 261. The summed E-state index contributed by atoms with van der Waals surface area (Å²) in [4.78, 5) is 0. The van der Waals surface area contributed by atoms with Crippen molar-refractivity contribution < 1.29 is 14.6 Å². The molecule has 0 atom stereocenters. The minimum Gasteiger partial charge on any atom is -0.394 e. The first-order valence-corrected chi connectivity index (χ1v) is 5.63. The molecule has 0 fully saturated rings. The van der Waals surface area contributed by atoms with Gasteiger partial charge in [0.2, 0.25) is 0 Å². The minimum absolute atomic E-state index is 0.0622. The lowest BCUT2D eigenvalue weighted by atomic mass is 10.2. The van der Waals surface area contributed by atoms with E-state index in [1.807, 2.05) is 24.3 Å². The summed E-state index contributed by atoms with van der Waals surface area (Å²) in [5.41, 5.74) is 1.14. The van der Waals surface area contributed by atoms with E-state index in [2.05, 4.69) is 15.9 Å². The molecule has 0 aliphatic rings. The van der Waals surface area contributed by atoms with Crippen LogP contribution in [0.2, 0.25) is 0 Å². The van der Waals surface area contributed by atoms with Crippen LogP contribution in [0.15, 0.2) is 28.7 Å². The third-order valence-electron chi connectivity index (χ3n) is 1.79. The highest BCUT2D eigenvalue weighted by Crippen LogP contribution is 2.10. The van der Waals surface area contributed by atoms with Crippen molar-refractivity contribution in [2.24, 2.45) is 0 Å². The van der Waals surface area contributed by atoms with Crippen molar-refractivity contribution in [3.63, 3.8) is 0 Å². The molecule has 1 rings (SSSR count). The number of rotatable bonds is 7. The van der Waals surface area contributed by atoms with E-state index in [0.717, 1.165) is 10.0 Å². The van der Waals surface area contributed by atoms with Crippen molar-refractivity contribution in [1.82, 2.24) is 0 Å². The van der Waals surface area contributed by atoms with Crippen molar-refractivity contribution >= 4 is 15.9 Å². The van der Waals surface area contributed by atoms with Gasteiger partial charge in [-0.3, -0.25) is 0 Å². The molecular weight excluding hydrogens is 260 g/mol. The van der Waals surface area contributed by atoms with Crippen LogP contribution in [0.1, 0.15) is 5.56 Å². The molecule has 0 aromatic heterocycles. The summed E-state index contributed by atoms with van der Waals surface area (Å²) >= 11 is 3.37.